The van der Waals surface area contributed by atoms with E-state index in [0.29, 0.717) is 19.3 Å². The zero-order valence-electron chi connectivity index (χ0n) is 37.7. The first-order valence-electron chi connectivity index (χ1n) is 24.1. The van der Waals surface area contributed by atoms with Crippen LogP contribution in [0.1, 0.15) is 260 Å². The number of carbonyl (C=O) groups is 3. The van der Waals surface area contributed by atoms with Gasteiger partial charge in [-0.1, -0.05) is 221 Å². The van der Waals surface area contributed by atoms with Crippen LogP contribution in [-0.4, -0.2) is 37.2 Å². The van der Waals surface area contributed by atoms with E-state index in [1.165, 1.54) is 141 Å². The summed E-state index contributed by atoms with van der Waals surface area (Å²) >= 11 is 0. The summed E-state index contributed by atoms with van der Waals surface area (Å²) in [5.41, 5.74) is 0. The molecule has 0 aromatic heterocycles. The molecule has 0 aliphatic heterocycles. The lowest BCUT2D eigenvalue weighted by molar-refractivity contribution is -0.167. The van der Waals surface area contributed by atoms with Gasteiger partial charge in [-0.25, -0.2) is 0 Å². The molecule has 0 fully saturated rings. The SMILES string of the molecule is CC(C)CCCCCCCCCCCCCCC(=O)O[C@@H](COC(=O)CCCCCCCCCCCC(C)C)COC(=O)CCCCCCCCCC(C)C. The van der Waals surface area contributed by atoms with Gasteiger partial charge in [0.2, 0.25) is 0 Å². The molecule has 0 spiro atoms. The molecule has 55 heavy (non-hydrogen) atoms. The van der Waals surface area contributed by atoms with E-state index < -0.39 is 6.10 Å². The third-order valence-electron chi connectivity index (χ3n) is 10.9. The highest BCUT2D eigenvalue weighted by molar-refractivity contribution is 5.71. The van der Waals surface area contributed by atoms with Gasteiger partial charge in [0, 0.05) is 19.3 Å². The van der Waals surface area contributed by atoms with Crippen LogP contribution in [0.15, 0.2) is 0 Å². The van der Waals surface area contributed by atoms with Crippen LogP contribution in [0.25, 0.3) is 0 Å². The Morgan fingerprint density at radius 2 is 0.527 bits per heavy atom. The van der Waals surface area contributed by atoms with Crippen LogP contribution in [0.5, 0.6) is 0 Å². The predicted octanol–water partition coefficient (Wildman–Crippen LogP) is 15.2. The Kier molecular flexibility index (Phi) is 39.4. The van der Waals surface area contributed by atoms with Gasteiger partial charge in [-0.15, -0.1) is 0 Å². The summed E-state index contributed by atoms with van der Waals surface area (Å²) in [6.45, 7) is 13.6. The van der Waals surface area contributed by atoms with Crippen molar-refractivity contribution in [1.29, 1.82) is 0 Å². The topological polar surface area (TPSA) is 78.9 Å². The van der Waals surface area contributed by atoms with Gasteiger partial charge in [0.25, 0.3) is 0 Å². The number of carbonyl (C=O) groups excluding carboxylic acids is 3. The van der Waals surface area contributed by atoms with Crippen molar-refractivity contribution in [3.8, 4) is 0 Å². The second-order valence-electron chi connectivity index (χ2n) is 18.2. The van der Waals surface area contributed by atoms with Crippen molar-refractivity contribution in [2.24, 2.45) is 17.8 Å². The van der Waals surface area contributed by atoms with Crippen LogP contribution in [0.2, 0.25) is 0 Å². The van der Waals surface area contributed by atoms with Crippen molar-refractivity contribution in [3.05, 3.63) is 0 Å². The summed E-state index contributed by atoms with van der Waals surface area (Å²) < 4.78 is 16.7. The Labute approximate surface area is 342 Å². The Morgan fingerprint density at radius 3 is 0.782 bits per heavy atom. The van der Waals surface area contributed by atoms with Gasteiger partial charge in [0.05, 0.1) is 0 Å². The van der Waals surface area contributed by atoms with Crippen molar-refractivity contribution in [2.45, 2.75) is 266 Å². The molecule has 1 atom stereocenters. The second kappa shape index (κ2) is 40.6. The molecular formula is C49H94O6. The molecule has 0 bridgehead atoms. The number of hydrogen-bond donors (Lipinski definition) is 0. The van der Waals surface area contributed by atoms with E-state index in [1.807, 2.05) is 0 Å². The fraction of sp³-hybridized carbons (Fsp3) is 0.939. The lowest BCUT2D eigenvalue weighted by atomic mass is 10.0. The van der Waals surface area contributed by atoms with E-state index in [4.69, 9.17) is 14.2 Å². The number of hydrogen-bond acceptors (Lipinski definition) is 6. The maximum Gasteiger partial charge on any atom is 0.306 e. The molecule has 0 heterocycles. The monoisotopic (exact) mass is 779 g/mol. The average molecular weight is 779 g/mol. The van der Waals surface area contributed by atoms with Gasteiger partial charge in [-0.2, -0.15) is 0 Å². The van der Waals surface area contributed by atoms with Crippen molar-refractivity contribution in [1.82, 2.24) is 0 Å². The highest BCUT2D eigenvalue weighted by Gasteiger charge is 2.19. The zero-order chi connectivity index (χ0) is 40.6. The summed E-state index contributed by atoms with van der Waals surface area (Å²) in [5, 5.41) is 0. The fourth-order valence-corrected chi connectivity index (χ4v) is 7.23. The molecule has 0 saturated heterocycles. The van der Waals surface area contributed by atoms with Gasteiger partial charge in [0.15, 0.2) is 6.10 Å². The van der Waals surface area contributed by atoms with Gasteiger partial charge >= 0.3 is 17.9 Å². The molecule has 0 aliphatic rings. The highest BCUT2D eigenvalue weighted by atomic mass is 16.6. The van der Waals surface area contributed by atoms with E-state index >= 15 is 0 Å². The van der Waals surface area contributed by atoms with Crippen molar-refractivity contribution < 1.29 is 28.6 Å². The van der Waals surface area contributed by atoms with Gasteiger partial charge in [-0.3, -0.25) is 14.4 Å². The quantitative estimate of drug-likeness (QED) is 0.0349. The molecular weight excluding hydrogens is 685 g/mol. The molecule has 0 amide bonds. The van der Waals surface area contributed by atoms with Crippen molar-refractivity contribution in [3.63, 3.8) is 0 Å². The number of rotatable bonds is 42. The summed E-state index contributed by atoms with van der Waals surface area (Å²) in [5.74, 6) is 1.56. The zero-order valence-corrected chi connectivity index (χ0v) is 37.7. The van der Waals surface area contributed by atoms with Gasteiger partial charge in [0.1, 0.15) is 13.2 Å². The lowest BCUT2D eigenvalue weighted by Crippen LogP contribution is -2.30. The largest absolute Gasteiger partial charge is 0.462 e. The van der Waals surface area contributed by atoms with Crippen molar-refractivity contribution >= 4 is 17.9 Å². The first kappa shape index (κ1) is 53.4. The molecule has 0 unspecified atom stereocenters. The smallest absolute Gasteiger partial charge is 0.306 e. The van der Waals surface area contributed by atoms with E-state index in [-0.39, 0.29) is 31.1 Å². The van der Waals surface area contributed by atoms with E-state index in [9.17, 15) is 14.4 Å². The Hall–Kier alpha value is -1.59. The fourth-order valence-electron chi connectivity index (χ4n) is 7.23. The standard InChI is InChI=1S/C49H94O6/c1-43(2)35-29-23-17-12-9-7-8-10-14-21-28-34-40-49(52)55-46(42-54-48(51)39-33-27-22-16-19-25-31-37-45(5)6)41-53-47(50)38-32-26-20-15-11-13-18-24-30-36-44(3)4/h43-46H,7-42H2,1-6H3/t46-/m0/s1. The Morgan fingerprint density at radius 1 is 0.309 bits per heavy atom. The molecule has 0 aromatic rings. The number of ether oxygens (including phenoxy) is 3. The van der Waals surface area contributed by atoms with Gasteiger partial charge < -0.3 is 14.2 Å². The minimum atomic E-state index is -0.762. The summed E-state index contributed by atoms with van der Waals surface area (Å²) in [6.07, 6.45) is 38.1. The van der Waals surface area contributed by atoms with Crippen LogP contribution in [-0.2, 0) is 28.6 Å². The Balaban J connectivity index is 4.32. The highest BCUT2D eigenvalue weighted by Crippen LogP contribution is 2.17. The van der Waals surface area contributed by atoms with Crippen LogP contribution in [0, 0.1) is 17.8 Å². The maximum absolute atomic E-state index is 12.7. The molecule has 6 heteroatoms. The minimum absolute atomic E-state index is 0.0661. The normalized spacial score (nSPS) is 12.2. The lowest BCUT2D eigenvalue weighted by Gasteiger charge is -2.18. The van der Waals surface area contributed by atoms with Gasteiger partial charge in [-0.05, 0) is 37.0 Å². The van der Waals surface area contributed by atoms with Crippen LogP contribution < -0.4 is 0 Å². The first-order chi connectivity index (χ1) is 26.6. The van der Waals surface area contributed by atoms with Crippen LogP contribution in [0.3, 0.4) is 0 Å². The third kappa shape index (κ3) is 43.4. The molecule has 0 N–H and O–H groups in total. The predicted molar refractivity (Wildman–Crippen MR) is 233 cm³/mol. The van der Waals surface area contributed by atoms with E-state index in [1.54, 1.807) is 0 Å². The summed E-state index contributed by atoms with van der Waals surface area (Å²) in [4.78, 5) is 37.8. The van der Waals surface area contributed by atoms with E-state index in [2.05, 4.69) is 41.5 Å². The van der Waals surface area contributed by atoms with Crippen LogP contribution in [0.4, 0.5) is 0 Å². The van der Waals surface area contributed by atoms with Crippen LogP contribution >= 0.6 is 0 Å². The molecule has 0 rings (SSSR count). The second-order valence-corrected chi connectivity index (χ2v) is 18.2. The molecule has 0 radical (unpaired) electrons. The average Bonchev–Trinajstić information content (AvgIpc) is 3.13. The summed E-state index contributed by atoms with van der Waals surface area (Å²) in [6, 6.07) is 0. The molecule has 6 nitrogen and oxygen atoms in total. The summed E-state index contributed by atoms with van der Waals surface area (Å²) in [7, 11) is 0. The molecule has 0 aliphatic carbocycles. The first-order valence-corrected chi connectivity index (χ1v) is 24.1. The van der Waals surface area contributed by atoms with Crippen molar-refractivity contribution in [2.75, 3.05) is 13.2 Å². The third-order valence-corrected chi connectivity index (χ3v) is 10.9. The molecule has 0 aromatic carbocycles. The molecule has 0 saturated carbocycles. The Bertz CT molecular complexity index is 852. The number of unbranched alkanes of at least 4 members (excludes halogenated alkanes) is 25. The molecule has 326 valence electrons. The number of esters is 3. The maximum atomic E-state index is 12.7. The van der Waals surface area contributed by atoms with E-state index in [0.717, 1.165) is 75.5 Å². The minimum Gasteiger partial charge on any atom is -0.462 e.